The Morgan fingerprint density at radius 2 is 1.71 bits per heavy atom. The van der Waals surface area contributed by atoms with E-state index in [-0.39, 0.29) is 35.2 Å². The molecule has 0 saturated carbocycles. The maximum absolute atomic E-state index is 14.6. The minimum Gasteiger partial charge on any atom is -0.507 e. The number of esters is 1. The number of methoxy groups -OCH3 is 1. The monoisotopic (exact) mass is 543 g/mol. The summed E-state index contributed by atoms with van der Waals surface area (Å²) in [6.45, 7) is 1.15. The number of halogens is 2. The predicted octanol–water partition coefficient (Wildman–Crippen LogP) is 3.30. The number of rotatable bonds is 7. The van der Waals surface area contributed by atoms with Gasteiger partial charge in [0.1, 0.15) is 17.4 Å². The summed E-state index contributed by atoms with van der Waals surface area (Å²) in [4.78, 5) is 42.3. The molecule has 1 aliphatic rings. The van der Waals surface area contributed by atoms with Gasteiger partial charge in [-0.1, -0.05) is 12.1 Å². The average molecular weight is 544 g/mol. The number of ketones is 1. The third-order valence-corrected chi connectivity index (χ3v) is 6.09. The van der Waals surface area contributed by atoms with Crippen molar-refractivity contribution >= 4 is 30.1 Å². The zero-order chi connectivity index (χ0) is 26.4. The van der Waals surface area contributed by atoms with E-state index >= 15 is 0 Å². The fourth-order valence-electron chi connectivity index (χ4n) is 4.09. The Morgan fingerprint density at radius 1 is 1.03 bits per heavy atom. The lowest BCUT2D eigenvalue weighted by Gasteiger charge is -2.26. The molecule has 3 N–H and O–H groups in total. The minimum absolute atomic E-state index is 0. The van der Waals surface area contributed by atoms with E-state index in [4.69, 9.17) is 9.47 Å². The summed E-state index contributed by atoms with van der Waals surface area (Å²) >= 11 is 0. The van der Waals surface area contributed by atoms with Gasteiger partial charge in [-0.2, -0.15) is 0 Å². The van der Waals surface area contributed by atoms with E-state index in [1.807, 2.05) is 0 Å². The Hall–Kier alpha value is -4.02. The lowest BCUT2D eigenvalue weighted by molar-refractivity contribution is 0.0192. The first-order valence-electron chi connectivity index (χ1n) is 11.7. The molecule has 1 aliphatic heterocycles. The van der Waals surface area contributed by atoms with Crippen LogP contribution in [0.25, 0.3) is 0 Å². The lowest BCUT2D eigenvalue weighted by Crippen LogP contribution is -2.49. The Bertz CT molecular complexity index is 1290. The average Bonchev–Trinajstić information content (AvgIpc) is 3.14. The van der Waals surface area contributed by atoms with Crippen LogP contribution < -0.4 is 15.4 Å². The van der Waals surface area contributed by atoms with Crippen molar-refractivity contribution in [2.75, 3.05) is 20.2 Å². The number of benzene rings is 2. The predicted molar refractivity (Wildman–Crippen MR) is 139 cm³/mol. The number of nitrogens with one attached hydrogen (secondary N) is 2. The maximum atomic E-state index is 14.6. The molecule has 0 spiro atoms. The van der Waals surface area contributed by atoms with E-state index in [9.17, 15) is 23.9 Å². The van der Waals surface area contributed by atoms with Crippen molar-refractivity contribution in [3.8, 4) is 11.5 Å². The van der Waals surface area contributed by atoms with E-state index < -0.39 is 41.0 Å². The first kappa shape index (κ1) is 28.5. The molecule has 1 unspecified atom stereocenters. The number of phenols is 1. The quantitative estimate of drug-likeness (QED) is 0.306. The highest BCUT2D eigenvalue weighted by Crippen LogP contribution is 2.30. The number of hydrogen-bond donors (Lipinski definition) is 3. The van der Waals surface area contributed by atoms with Crippen LogP contribution in [-0.2, 0) is 4.74 Å². The number of phenolic OH excluding ortho intramolecular Hbond substituents is 1. The Morgan fingerprint density at radius 3 is 2.39 bits per heavy atom. The second-order valence-corrected chi connectivity index (χ2v) is 8.49. The summed E-state index contributed by atoms with van der Waals surface area (Å²) in [6, 6.07) is 10.6. The second-order valence-electron chi connectivity index (χ2n) is 8.49. The summed E-state index contributed by atoms with van der Waals surface area (Å²) in [5.41, 5.74) is 0.181. The number of aromatic nitrogens is 1. The van der Waals surface area contributed by atoms with Gasteiger partial charge in [0.15, 0.2) is 17.3 Å². The fourth-order valence-corrected chi connectivity index (χ4v) is 4.09. The fraction of sp³-hybridized carbons (Fsp3) is 0.259. The van der Waals surface area contributed by atoms with Crippen molar-refractivity contribution in [2.24, 2.45) is 0 Å². The topological polar surface area (TPSA) is 127 Å². The van der Waals surface area contributed by atoms with Crippen LogP contribution in [0.3, 0.4) is 0 Å². The summed E-state index contributed by atoms with van der Waals surface area (Å²) in [5, 5.41) is 16.2. The van der Waals surface area contributed by atoms with E-state index in [2.05, 4.69) is 15.6 Å². The second kappa shape index (κ2) is 13.0. The molecule has 1 amide bonds. The number of carbonyl (C=O) groups is 3. The first-order chi connectivity index (χ1) is 17.9. The molecule has 0 aliphatic carbocycles. The van der Waals surface area contributed by atoms with E-state index in [0.29, 0.717) is 18.5 Å². The number of hydrogen-bond acceptors (Lipinski definition) is 8. The zero-order valence-corrected chi connectivity index (χ0v) is 21.3. The molecule has 11 heteroatoms. The van der Waals surface area contributed by atoms with Crippen LogP contribution in [-0.4, -0.2) is 60.1 Å². The van der Waals surface area contributed by atoms with Crippen LogP contribution in [0, 0.1) is 5.82 Å². The van der Waals surface area contributed by atoms with Crippen molar-refractivity contribution in [1.29, 1.82) is 0 Å². The van der Waals surface area contributed by atoms with Gasteiger partial charge in [-0.15, -0.1) is 12.4 Å². The summed E-state index contributed by atoms with van der Waals surface area (Å²) in [5.74, 6) is -3.35. The SMILES string of the molecule is COc1ccc(O)c(C(=O)c2ccc(C(=O)O[C@@H]3CCCNCC3NC(=O)c3ccncc3)cc2)c1F.Cl. The van der Waals surface area contributed by atoms with Gasteiger partial charge >= 0.3 is 5.97 Å². The number of ether oxygens (including phenoxy) is 2. The third-order valence-electron chi connectivity index (χ3n) is 6.09. The summed E-state index contributed by atoms with van der Waals surface area (Å²) < 4.78 is 25.2. The molecule has 0 bridgehead atoms. The minimum atomic E-state index is -0.974. The molecule has 0 radical (unpaired) electrons. The summed E-state index contributed by atoms with van der Waals surface area (Å²) in [6.07, 6.45) is 3.78. The van der Waals surface area contributed by atoms with Crippen LogP contribution in [0.15, 0.2) is 60.9 Å². The van der Waals surface area contributed by atoms with Crippen molar-refractivity contribution in [3.63, 3.8) is 0 Å². The number of pyridine rings is 1. The zero-order valence-electron chi connectivity index (χ0n) is 20.5. The standard InChI is InChI=1S/C27H26FN3O6.ClH/c1-36-22-9-8-20(32)23(24(22)28)25(33)16-4-6-18(7-5-16)27(35)37-21-3-2-12-30-15-19(21)31-26(34)17-10-13-29-14-11-17;/h4-11,13-14,19,21,30,32H,2-3,12,15H2,1H3,(H,31,34);1H/t19?,21-;/m1./s1. The number of aromatic hydroxyl groups is 1. The molecule has 200 valence electrons. The molecule has 9 nitrogen and oxygen atoms in total. The van der Waals surface area contributed by atoms with Gasteiger partial charge in [-0.3, -0.25) is 14.6 Å². The smallest absolute Gasteiger partial charge is 0.338 e. The van der Waals surface area contributed by atoms with Gasteiger partial charge in [0, 0.05) is 30.1 Å². The molecule has 2 atom stereocenters. The van der Waals surface area contributed by atoms with Gasteiger partial charge in [-0.25, -0.2) is 9.18 Å². The van der Waals surface area contributed by atoms with Crippen LogP contribution in [0.4, 0.5) is 4.39 Å². The highest BCUT2D eigenvalue weighted by atomic mass is 35.5. The Labute approximate surface area is 224 Å². The molecule has 4 rings (SSSR count). The van der Waals surface area contributed by atoms with Gasteiger partial charge in [0.2, 0.25) is 0 Å². The highest BCUT2D eigenvalue weighted by Gasteiger charge is 2.29. The molecule has 1 fully saturated rings. The first-order valence-corrected chi connectivity index (χ1v) is 11.7. The molecule has 2 heterocycles. The normalized spacial score (nSPS) is 16.9. The maximum Gasteiger partial charge on any atom is 0.338 e. The molecule has 2 aromatic carbocycles. The van der Waals surface area contributed by atoms with E-state index in [0.717, 1.165) is 13.0 Å². The lowest BCUT2D eigenvalue weighted by atomic mass is 10.00. The molecule has 1 aromatic heterocycles. The molecule has 3 aromatic rings. The van der Waals surface area contributed by atoms with E-state index in [1.54, 1.807) is 12.1 Å². The summed E-state index contributed by atoms with van der Waals surface area (Å²) in [7, 11) is 1.25. The Balaban J connectivity index is 0.00000400. The third kappa shape index (κ3) is 6.45. The number of nitrogens with zero attached hydrogens (tertiary/aromatic N) is 1. The number of carbonyl (C=O) groups excluding carboxylic acids is 3. The van der Waals surface area contributed by atoms with Crippen molar-refractivity contribution in [3.05, 3.63) is 89.0 Å². The molecular formula is C27H27ClFN3O6. The van der Waals surface area contributed by atoms with Crippen molar-refractivity contribution in [2.45, 2.75) is 25.0 Å². The molecule has 1 saturated heterocycles. The van der Waals surface area contributed by atoms with Crippen LogP contribution >= 0.6 is 12.4 Å². The van der Waals surface area contributed by atoms with Gasteiger partial charge in [-0.05, 0) is 55.8 Å². The van der Waals surface area contributed by atoms with Gasteiger partial charge in [0.05, 0.1) is 18.7 Å². The van der Waals surface area contributed by atoms with E-state index in [1.165, 1.54) is 55.9 Å². The molecular weight excluding hydrogens is 517 g/mol. The van der Waals surface area contributed by atoms with Crippen LogP contribution in [0.1, 0.15) is 49.5 Å². The van der Waals surface area contributed by atoms with Crippen molar-refractivity contribution in [1.82, 2.24) is 15.6 Å². The van der Waals surface area contributed by atoms with Crippen LogP contribution in [0.2, 0.25) is 0 Å². The number of amides is 1. The van der Waals surface area contributed by atoms with Gasteiger partial charge in [0.25, 0.3) is 5.91 Å². The highest BCUT2D eigenvalue weighted by molar-refractivity contribution is 6.11. The largest absolute Gasteiger partial charge is 0.507 e. The Kier molecular flexibility index (Phi) is 9.75. The van der Waals surface area contributed by atoms with Gasteiger partial charge < -0.3 is 25.2 Å². The molecule has 38 heavy (non-hydrogen) atoms. The van der Waals surface area contributed by atoms with Crippen LogP contribution in [0.5, 0.6) is 11.5 Å². The van der Waals surface area contributed by atoms with Crippen molar-refractivity contribution < 1.29 is 33.4 Å².